The van der Waals surface area contributed by atoms with Crippen LogP contribution >= 0.6 is 0 Å². The van der Waals surface area contributed by atoms with Crippen LogP contribution < -0.4 is 5.73 Å². The summed E-state index contributed by atoms with van der Waals surface area (Å²) in [7, 11) is 4.34. The fraction of sp³-hybridized carbons (Fsp3) is 1.00. The van der Waals surface area contributed by atoms with Crippen LogP contribution in [0.5, 0.6) is 0 Å². The summed E-state index contributed by atoms with van der Waals surface area (Å²) in [5, 5.41) is 0. The van der Waals surface area contributed by atoms with Gasteiger partial charge in [0.25, 0.3) is 0 Å². The van der Waals surface area contributed by atoms with Gasteiger partial charge in [-0.25, -0.2) is 0 Å². The minimum absolute atomic E-state index is 0.272. The predicted octanol–water partition coefficient (Wildman–Crippen LogP) is 1.24. The smallest absolute Gasteiger partial charge is 0.00448 e. The second kappa shape index (κ2) is 5.99. The maximum absolute atomic E-state index is 5.78. The lowest BCUT2D eigenvalue weighted by molar-refractivity contribution is 0.121. The van der Waals surface area contributed by atoms with Gasteiger partial charge in [-0.1, -0.05) is 13.8 Å². The fourth-order valence-corrected chi connectivity index (χ4v) is 2.51. The highest BCUT2D eigenvalue weighted by Gasteiger charge is 2.24. The molecule has 1 aliphatic rings. The van der Waals surface area contributed by atoms with E-state index in [4.69, 9.17) is 5.73 Å². The second-order valence-corrected chi connectivity index (χ2v) is 6.35. The third-order valence-electron chi connectivity index (χ3n) is 3.53. The van der Waals surface area contributed by atoms with Crippen LogP contribution in [-0.2, 0) is 0 Å². The Bertz CT molecular complexity index is 193. The molecular formula is C13H29N3. The van der Waals surface area contributed by atoms with Crippen LogP contribution in [0.15, 0.2) is 0 Å². The molecule has 1 aliphatic heterocycles. The molecule has 3 heteroatoms. The molecule has 0 bridgehead atoms. The van der Waals surface area contributed by atoms with Gasteiger partial charge in [-0.05, 0) is 57.9 Å². The fourth-order valence-electron chi connectivity index (χ4n) is 2.51. The van der Waals surface area contributed by atoms with Gasteiger partial charge in [0.1, 0.15) is 0 Å². The van der Waals surface area contributed by atoms with Gasteiger partial charge in [0.15, 0.2) is 0 Å². The van der Waals surface area contributed by atoms with Crippen molar-refractivity contribution in [1.29, 1.82) is 0 Å². The molecule has 3 nitrogen and oxygen atoms in total. The van der Waals surface area contributed by atoms with E-state index in [2.05, 4.69) is 37.7 Å². The molecule has 96 valence electrons. The largest absolute Gasteiger partial charge is 0.330 e. The van der Waals surface area contributed by atoms with Crippen LogP contribution in [0.2, 0.25) is 0 Å². The van der Waals surface area contributed by atoms with E-state index >= 15 is 0 Å². The highest BCUT2D eigenvalue weighted by Crippen LogP contribution is 2.22. The first-order valence-corrected chi connectivity index (χ1v) is 6.50. The lowest BCUT2D eigenvalue weighted by atomic mass is 9.90. The van der Waals surface area contributed by atoms with Crippen molar-refractivity contribution in [3.63, 3.8) is 0 Å². The third-order valence-corrected chi connectivity index (χ3v) is 3.53. The van der Waals surface area contributed by atoms with Crippen molar-refractivity contribution in [3.05, 3.63) is 0 Å². The molecule has 0 aliphatic carbocycles. The zero-order valence-electron chi connectivity index (χ0n) is 11.5. The molecule has 16 heavy (non-hydrogen) atoms. The van der Waals surface area contributed by atoms with E-state index < -0.39 is 0 Å². The summed E-state index contributed by atoms with van der Waals surface area (Å²) in [5.74, 6) is 0.896. The average molecular weight is 227 g/mol. The number of hydrogen-bond donors (Lipinski definition) is 1. The van der Waals surface area contributed by atoms with E-state index in [0.717, 1.165) is 19.0 Å². The zero-order valence-corrected chi connectivity index (χ0v) is 11.5. The van der Waals surface area contributed by atoms with Crippen LogP contribution in [0.4, 0.5) is 0 Å². The molecule has 1 rings (SSSR count). The average Bonchev–Trinajstić information content (AvgIpc) is 2.20. The number of likely N-dealkylation sites (tertiary alicyclic amines) is 1. The van der Waals surface area contributed by atoms with Gasteiger partial charge in [-0.15, -0.1) is 0 Å². The monoisotopic (exact) mass is 227 g/mol. The van der Waals surface area contributed by atoms with Gasteiger partial charge in [0, 0.05) is 13.1 Å². The molecule has 0 amide bonds. The normalized spacial score (nSPS) is 20.6. The third kappa shape index (κ3) is 4.81. The van der Waals surface area contributed by atoms with Crippen LogP contribution in [0.1, 0.15) is 26.7 Å². The molecule has 0 aromatic rings. The highest BCUT2D eigenvalue weighted by molar-refractivity contribution is 4.79. The summed E-state index contributed by atoms with van der Waals surface area (Å²) >= 11 is 0. The topological polar surface area (TPSA) is 32.5 Å². The predicted molar refractivity (Wildman–Crippen MR) is 70.6 cm³/mol. The van der Waals surface area contributed by atoms with E-state index in [-0.39, 0.29) is 5.41 Å². The van der Waals surface area contributed by atoms with Gasteiger partial charge in [-0.2, -0.15) is 0 Å². The van der Waals surface area contributed by atoms with Crippen LogP contribution in [0, 0.1) is 11.3 Å². The van der Waals surface area contributed by atoms with Crippen molar-refractivity contribution in [1.82, 2.24) is 9.80 Å². The van der Waals surface area contributed by atoms with Crippen molar-refractivity contribution >= 4 is 0 Å². The molecule has 1 heterocycles. The van der Waals surface area contributed by atoms with Crippen molar-refractivity contribution in [3.8, 4) is 0 Å². The summed E-state index contributed by atoms with van der Waals surface area (Å²) in [6.45, 7) is 10.2. The lowest BCUT2D eigenvalue weighted by Gasteiger charge is -2.37. The van der Waals surface area contributed by atoms with Crippen LogP contribution in [-0.4, -0.2) is 56.6 Å². The molecule has 0 unspecified atom stereocenters. The van der Waals surface area contributed by atoms with Crippen molar-refractivity contribution in [2.45, 2.75) is 26.7 Å². The molecule has 2 N–H and O–H groups in total. The number of nitrogens with zero attached hydrogens (tertiary/aromatic N) is 2. The minimum Gasteiger partial charge on any atom is -0.330 e. The van der Waals surface area contributed by atoms with E-state index in [1.54, 1.807) is 0 Å². The second-order valence-electron chi connectivity index (χ2n) is 6.35. The van der Waals surface area contributed by atoms with Crippen molar-refractivity contribution in [2.24, 2.45) is 17.1 Å². The number of piperidine rings is 1. The molecular weight excluding hydrogens is 198 g/mol. The minimum atomic E-state index is 0.272. The zero-order chi connectivity index (χ0) is 12.2. The molecule has 0 atom stereocenters. The van der Waals surface area contributed by atoms with Gasteiger partial charge < -0.3 is 15.5 Å². The Balaban J connectivity index is 2.27. The Kier molecular flexibility index (Phi) is 5.22. The highest BCUT2D eigenvalue weighted by atomic mass is 15.1. The van der Waals surface area contributed by atoms with E-state index in [1.807, 2.05) is 0 Å². The summed E-state index contributed by atoms with van der Waals surface area (Å²) < 4.78 is 0. The van der Waals surface area contributed by atoms with Crippen LogP contribution in [0.25, 0.3) is 0 Å². The maximum atomic E-state index is 5.78. The summed E-state index contributed by atoms with van der Waals surface area (Å²) in [4.78, 5) is 4.89. The SMILES string of the molecule is CN(C)CC1CCN(CC(C)(C)CN)CC1. The summed E-state index contributed by atoms with van der Waals surface area (Å²) in [6, 6.07) is 0. The Morgan fingerprint density at radius 3 is 2.25 bits per heavy atom. The molecule has 0 radical (unpaired) electrons. The Morgan fingerprint density at radius 2 is 1.81 bits per heavy atom. The van der Waals surface area contributed by atoms with Gasteiger partial charge in [0.05, 0.1) is 0 Å². The molecule has 0 spiro atoms. The quantitative estimate of drug-likeness (QED) is 0.767. The Labute approximate surface area is 101 Å². The summed E-state index contributed by atoms with van der Waals surface area (Å²) in [5.41, 5.74) is 6.06. The number of nitrogens with two attached hydrogens (primary N) is 1. The first-order valence-electron chi connectivity index (χ1n) is 6.50. The van der Waals surface area contributed by atoms with Crippen molar-refractivity contribution in [2.75, 3.05) is 46.8 Å². The van der Waals surface area contributed by atoms with Crippen molar-refractivity contribution < 1.29 is 0 Å². The maximum Gasteiger partial charge on any atom is 0.00448 e. The van der Waals surface area contributed by atoms with E-state index in [9.17, 15) is 0 Å². The molecule has 0 saturated carbocycles. The standard InChI is InChI=1S/C13H29N3/c1-13(2,10-14)11-16-7-5-12(6-8-16)9-15(3)4/h12H,5-11,14H2,1-4H3. The first-order chi connectivity index (χ1) is 7.43. The first kappa shape index (κ1) is 13.9. The van der Waals surface area contributed by atoms with Crippen LogP contribution in [0.3, 0.4) is 0 Å². The lowest BCUT2D eigenvalue weighted by Crippen LogP contribution is -2.43. The molecule has 0 aromatic heterocycles. The van der Waals surface area contributed by atoms with Gasteiger partial charge in [-0.3, -0.25) is 0 Å². The van der Waals surface area contributed by atoms with E-state index in [1.165, 1.54) is 32.5 Å². The Morgan fingerprint density at radius 1 is 1.25 bits per heavy atom. The molecule has 1 fully saturated rings. The Hall–Kier alpha value is -0.120. The van der Waals surface area contributed by atoms with Gasteiger partial charge in [0.2, 0.25) is 0 Å². The number of rotatable bonds is 5. The summed E-state index contributed by atoms with van der Waals surface area (Å²) in [6.07, 6.45) is 2.69. The molecule has 0 aromatic carbocycles. The number of hydrogen-bond acceptors (Lipinski definition) is 3. The molecule has 1 saturated heterocycles. The van der Waals surface area contributed by atoms with E-state index in [0.29, 0.717) is 0 Å². The van der Waals surface area contributed by atoms with Gasteiger partial charge >= 0.3 is 0 Å².